The van der Waals surface area contributed by atoms with Crippen molar-refractivity contribution in [3.05, 3.63) is 34.9 Å². The molecule has 0 aliphatic rings. The van der Waals surface area contributed by atoms with Crippen LogP contribution in [0.15, 0.2) is 24.3 Å². The first-order valence-electron chi connectivity index (χ1n) is 6.46. The first-order valence-corrected chi connectivity index (χ1v) is 6.83. The second kappa shape index (κ2) is 6.75. The van der Waals surface area contributed by atoms with Crippen LogP contribution in [-0.2, 0) is 16.1 Å². The first-order chi connectivity index (χ1) is 9.20. The van der Waals surface area contributed by atoms with E-state index in [4.69, 9.17) is 16.7 Å². The van der Waals surface area contributed by atoms with Crippen LogP contribution in [0.2, 0.25) is 5.02 Å². The number of carbonyl (C=O) groups is 2. The predicted octanol–water partition coefficient (Wildman–Crippen LogP) is 3.19. The van der Waals surface area contributed by atoms with E-state index in [1.165, 1.54) is 0 Å². The number of carbonyl (C=O) groups excluding carboxylic acids is 1. The van der Waals surface area contributed by atoms with Crippen molar-refractivity contribution in [2.24, 2.45) is 5.41 Å². The summed E-state index contributed by atoms with van der Waals surface area (Å²) >= 11 is 5.83. The van der Waals surface area contributed by atoms with E-state index in [1.54, 1.807) is 17.0 Å². The third-order valence-electron chi connectivity index (χ3n) is 2.81. The van der Waals surface area contributed by atoms with E-state index < -0.39 is 11.4 Å². The molecule has 0 saturated heterocycles. The summed E-state index contributed by atoms with van der Waals surface area (Å²) in [6.07, 6.45) is -0.0601. The Morgan fingerprint density at radius 3 is 2.20 bits per heavy atom. The Morgan fingerprint density at radius 1 is 1.20 bits per heavy atom. The summed E-state index contributed by atoms with van der Waals surface area (Å²) in [6, 6.07) is 7.19. The van der Waals surface area contributed by atoms with Crippen LogP contribution in [0.1, 0.15) is 32.8 Å². The largest absolute Gasteiger partial charge is 0.481 e. The predicted molar refractivity (Wildman–Crippen MR) is 78.6 cm³/mol. The molecule has 1 aromatic carbocycles. The first kappa shape index (κ1) is 16.5. The lowest BCUT2D eigenvalue weighted by Crippen LogP contribution is -2.40. The van der Waals surface area contributed by atoms with Gasteiger partial charge in [0.05, 0.1) is 6.42 Å². The molecule has 1 N–H and O–H groups in total. The van der Waals surface area contributed by atoms with Gasteiger partial charge in [-0.05, 0) is 17.7 Å². The van der Waals surface area contributed by atoms with Crippen molar-refractivity contribution in [2.75, 3.05) is 6.54 Å². The highest BCUT2D eigenvalue weighted by molar-refractivity contribution is 6.30. The third kappa shape index (κ3) is 5.21. The molecule has 0 radical (unpaired) electrons. The van der Waals surface area contributed by atoms with Gasteiger partial charge in [0, 0.05) is 23.5 Å². The fourth-order valence-electron chi connectivity index (χ4n) is 1.77. The number of nitrogens with zero attached hydrogens (tertiary/aromatic N) is 1. The van der Waals surface area contributed by atoms with Crippen molar-refractivity contribution >= 4 is 23.5 Å². The molecule has 110 valence electrons. The van der Waals surface area contributed by atoms with Crippen molar-refractivity contribution in [2.45, 2.75) is 33.7 Å². The van der Waals surface area contributed by atoms with Gasteiger partial charge in [0.2, 0.25) is 5.91 Å². The number of hydrogen-bond donors (Lipinski definition) is 1. The average Bonchev–Trinajstić information content (AvgIpc) is 2.34. The molecule has 0 saturated carbocycles. The topological polar surface area (TPSA) is 57.6 Å². The third-order valence-corrected chi connectivity index (χ3v) is 3.06. The van der Waals surface area contributed by atoms with Crippen molar-refractivity contribution < 1.29 is 14.7 Å². The number of hydrogen-bond acceptors (Lipinski definition) is 2. The number of carboxylic acids is 1. The lowest BCUT2D eigenvalue weighted by molar-refractivity contribution is -0.142. The monoisotopic (exact) mass is 297 g/mol. The molecular weight excluding hydrogens is 278 g/mol. The zero-order valence-corrected chi connectivity index (χ0v) is 12.8. The minimum Gasteiger partial charge on any atom is -0.481 e. The van der Waals surface area contributed by atoms with Gasteiger partial charge >= 0.3 is 5.97 Å². The van der Waals surface area contributed by atoms with Gasteiger partial charge in [-0.2, -0.15) is 0 Å². The molecule has 0 aliphatic carbocycles. The maximum Gasteiger partial charge on any atom is 0.305 e. The Bertz CT molecular complexity index is 477. The summed E-state index contributed by atoms with van der Waals surface area (Å²) in [5, 5.41) is 9.43. The molecule has 0 aliphatic heterocycles. The molecule has 0 atom stereocenters. The number of benzene rings is 1. The molecule has 0 heterocycles. The molecule has 0 fully saturated rings. The summed E-state index contributed by atoms with van der Waals surface area (Å²) in [5.74, 6) is -0.971. The lowest BCUT2D eigenvalue weighted by atomic mass is 9.94. The molecule has 1 aromatic rings. The molecule has 5 heteroatoms. The van der Waals surface area contributed by atoms with E-state index in [2.05, 4.69) is 0 Å². The molecule has 0 spiro atoms. The van der Waals surface area contributed by atoms with E-state index in [9.17, 15) is 9.59 Å². The fraction of sp³-hybridized carbons (Fsp3) is 0.467. The summed E-state index contributed by atoms with van der Waals surface area (Å²) in [4.78, 5) is 24.7. The zero-order valence-electron chi connectivity index (χ0n) is 12.0. The van der Waals surface area contributed by atoms with E-state index >= 15 is 0 Å². The number of aliphatic carboxylic acids is 1. The van der Waals surface area contributed by atoms with Crippen LogP contribution in [0.4, 0.5) is 0 Å². The quantitative estimate of drug-likeness (QED) is 0.908. The van der Waals surface area contributed by atoms with Crippen molar-refractivity contribution in [3.63, 3.8) is 0 Å². The van der Waals surface area contributed by atoms with Gasteiger partial charge in [0.15, 0.2) is 0 Å². The van der Waals surface area contributed by atoms with Crippen molar-refractivity contribution in [1.29, 1.82) is 0 Å². The summed E-state index contributed by atoms with van der Waals surface area (Å²) in [5.41, 5.74) is 0.391. The van der Waals surface area contributed by atoms with Crippen molar-refractivity contribution in [1.82, 2.24) is 4.90 Å². The van der Waals surface area contributed by atoms with Crippen molar-refractivity contribution in [3.8, 4) is 0 Å². The zero-order chi connectivity index (χ0) is 15.3. The normalized spacial score (nSPS) is 11.2. The second-order valence-corrected chi connectivity index (χ2v) is 6.18. The lowest BCUT2D eigenvalue weighted by Gasteiger charge is -2.29. The van der Waals surface area contributed by atoms with Gasteiger partial charge < -0.3 is 10.0 Å². The van der Waals surface area contributed by atoms with Gasteiger partial charge in [-0.3, -0.25) is 9.59 Å². The van der Waals surface area contributed by atoms with Crippen LogP contribution < -0.4 is 0 Å². The highest BCUT2D eigenvalue weighted by Crippen LogP contribution is 2.20. The Hall–Kier alpha value is -1.55. The molecular formula is C15H20ClNO3. The van der Waals surface area contributed by atoms with Gasteiger partial charge in [0.25, 0.3) is 0 Å². The Labute approximate surface area is 124 Å². The van der Waals surface area contributed by atoms with Crippen LogP contribution >= 0.6 is 11.6 Å². The molecule has 1 rings (SSSR count). The smallest absolute Gasteiger partial charge is 0.305 e. The number of rotatable bonds is 5. The average molecular weight is 298 g/mol. The number of halogens is 1. The molecule has 20 heavy (non-hydrogen) atoms. The maximum atomic E-state index is 12.4. The highest BCUT2D eigenvalue weighted by Gasteiger charge is 2.27. The molecule has 4 nitrogen and oxygen atoms in total. The maximum absolute atomic E-state index is 12.4. The Balaban J connectivity index is 2.84. The van der Waals surface area contributed by atoms with Crippen LogP contribution in [0.5, 0.6) is 0 Å². The van der Waals surface area contributed by atoms with Crippen LogP contribution in [-0.4, -0.2) is 28.4 Å². The number of amides is 1. The minimum absolute atomic E-state index is 0.0601. The SMILES string of the molecule is CC(C)(C)C(=O)N(CCC(=O)O)Cc1ccc(Cl)cc1. The van der Waals surface area contributed by atoms with Gasteiger partial charge in [-0.1, -0.05) is 44.5 Å². The highest BCUT2D eigenvalue weighted by atomic mass is 35.5. The summed E-state index contributed by atoms with van der Waals surface area (Å²) in [6.45, 7) is 6.06. The van der Waals surface area contributed by atoms with Crippen LogP contribution in [0, 0.1) is 5.41 Å². The van der Waals surface area contributed by atoms with E-state index in [1.807, 2.05) is 32.9 Å². The summed E-state index contributed by atoms with van der Waals surface area (Å²) in [7, 11) is 0. The second-order valence-electron chi connectivity index (χ2n) is 5.75. The molecule has 0 unspecified atom stereocenters. The van der Waals surface area contributed by atoms with E-state index in [-0.39, 0.29) is 18.9 Å². The van der Waals surface area contributed by atoms with Crippen LogP contribution in [0.25, 0.3) is 0 Å². The standard InChI is InChI=1S/C15H20ClNO3/c1-15(2,3)14(20)17(9-8-13(18)19)10-11-4-6-12(16)7-5-11/h4-7H,8-10H2,1-3H3,(H,18,19). The van der Waals surface area contributed by atoms with Gasteiger partial charge in [-0.25, -0.2) is 0 Å². The molecule has 0 bridgehead atoms. The summed E-state index contributed by atoms with van der Waals surface area (Å²) < 4.78 is 0. The van der Waals surface area contributed by atoms with E-state index in [0.29, 0.717) is 11.6 Å². The van der Waals surface area contributed by atoms with Crippen LogP contribution in [0.3, 0.4) is 0 Å². The molecule has 0 aromatic heterocycles. The minimum atomic E-state index is -0.909. The Morgan fingerprint density at radius 2 is 1.75 bits per heavy atom. The molecule has 1 amide bonds. The Kier molecular flexibility index (Phi) is 5.57. The van der Waals surface area contributed by atoms with Gasteiger partial charge in [0.1, 0.15) is 0 Å². The van der Waals surface area contributed by atoms with E-state index in [0.717, 1.165) is 5.56 Å². The number of carboxylic acid groups (broad SMARTS) is 1. The van der Waals surface area contributed by atoms with Gasteiger partial charge in [-0.15, -0.1) is 0 Å². The fourth-order valence-corrected chi connectivity index (χ4v) is 1.89.